The van der Waals surface area contributed by atoms with Gasteiger partial charge in [-0.2, -0.15) is 0 Å². The van der Waals surface area contributed by atoms with Crippen LogP contribution in [0.15, 0.2) is 6.07 Å². The van der Waals surface area contributed by atoms with Crippen LogP contribution in [-0.2, 0) is 0 Å². The predicted molar refractivity (Wildman–Crippen MR) is 44.7 cm³/mol. The second-order valence-corrected chi connectivity index (χ2v) is 2.85. The molecular weight excluding hydrogens is 199 g/mol. The number of hydrogen-bond acceptors (Lipinski definition) is 3. The first-order valence-electron chi connectivity index (χ1n) is 3.36. The van der Waals surface area contributed by atoms with E-state index in [4.69, 9.17) is 16.7 Å². The van der Waals surface area contributed by atoms with Crippen LogP contribution in [-0.4, -0.2) is 16.0 Å². The first-order valence-corrected chi connectivity index (χ1v) is 3.73. The van der Waals surface area contributed by atoms with E-state index in [0.717, 1.165) is 13.0 Å². The van der Waals surface area contributed by atoms with Gasteiger partial charge in [0.25, 0.3) is 0 Å². The Morgan fingerprint density at radius 3 is 2.46 bits per heavy atom. The largest absolute Gasteiger partial charge is 0.505 e. The topological polar surface area (TPSA) is 57.5 Å². The number of rotatable bonds is 1. The fraction of sp³-hybridized carbons (Fsp3) is 0.125. The van der Waals surface area contributed by atoms with Gasteiger partial charge in [-0.3, -0.25) is 4.79 Å². The van der Waals surface area contributed by atoms with E-state index < -0.39 is 28.1 Å². The molecule has 0 spiro atoms. The molecule has 70 valence electrons. The summed E-state index contributed by atoms with van der Waals surface area (Å²) in [6, 6.07) is 0.735. The molecule has 1 rings (SSSR count). The van der Waals surface area contributed by atoms with Gasteiger partial charge in [0.05, 0.1) is 5.56 Å². The fourth-order valence-corrected chi connectivity index (χ4v) is 1.06. The van der Waals surface area contributed by atoms with Crippen molar-refractivity contribution in [1.29, 1.82) is 0 Å². The summed E-state index contributed by atoms with van der Waals surface area (Å²) in [6.45, 7) is 1.15. The summed E-state index contributed by atoms with van der Waals surface area (Å²) in [4.78, 5) is 10.8. The second kappa shape index (κ2) is 3.22. The molecule has 0 amide bonds. The summed E-state index contributed by atoms with van der Waals surface area (Å²) < 4.78 is 12.8. The molecule has 3 nitrogen and oxygen atoms in total. The van der Waals surface area contributed by atoms with Crippen molar-refractivity contribution in [2.75, 3.05) is 0 Å². The van der Waals surface area contributed by atoms with Crippen LogP contribution in [0.5, 0.6) is 11.5 Å². The van der Waals surface area contributed by atoms with E-state index in [0.29, 0.717) is 0 Å². The van der Waals surface area contributed by atoms with Gasteiger partial charge >= 0.3 is 0 Å². The van der Waals surface area contributed by atoms with E-state index in [1.54, 1.807) is 0 Å². The molecule has 0 radical (unpaired) electrons. The Morgan fingerprint density at radius 1 is 1.46 bits per heavy atom. The molecule has 2 N–H and O–H groups in total. The maximum atomic E-state index is 12.8. The van der Waals surface area contributed by atoms with Crippen molar-refractivity contribution in [3.8, 4) is 11.5 Å². The molecule has 0 heterocycles. The van der Waals surface area contributed by atoms with Crippen LogP contribution in [0, 0.1) is 5.82 Å². The van der Waals surface area contributed by atoms with Crippen LogP contribution in [0.4, 0.5) is 4.39 Å². The van der Waals surface area contributed by atoms with E-state index in [2.05, 4.69) is 0 Å². The number of carbonyl (C=O) groups excluding carboxylic acids is 1. The number of halogens is 2. The molecule has 0 saturated heterocycles. The van der Waals surface area contributed by atoms with Crippen LogP contribution in [0.25, 0.3) is 0 Å². The molecule has 0 aliphatic heterocycles. The van der Waals surface area contributed by atoms with Crippen molar-refractivity contribution >= 4 is 17.4 Å². The highest BCUT2D eigenvalue weighted by atomic mass is 35.5. The summed E-state index contributed by atoms with van der Waals surface area (Å²) in [6.07, 6.45) is 0. The minimum absolute atomic E-state index is 0.250. The van der Waals surface area contributed by atoms with Gasteiger partial charge in [-0.1, -0.05) is 11.6 Å². The Labute approximate surface area is 78.4 Å². The maximum Gasteiger partial charge on any atom is 0.174 e. The Hall–Kier alpha value is -1.29. The molecule has 0 aliphatic carbocycles. The SMILES string of the molecule is CC(=O)c1cc(F)c(O)c(Cl)c1O. The van der Waals surface area contributed by atoms with E-state index in [-0.39, 0.29) is 5.56 Å². The molecule has 1 aromatic carbocycles. The van der Waals surface area contributed by atoms with Crippen LogP contribution >= 0.6 is 11.6 Å². The molecule has 13 heavy (non-hydrogen) atoms. The number of aromatic hydroxyl groups is 2. The number of ketones is 1. The van der Waals surface area contributed by atoms with Crippen LogP contribution in [0.3, 0.4) is 0 Å². The lowest BCUT2D eigenvalue weighted by Crippen LogP contribution is -1.95. The van der Waals surface area contributed by atoms with Gasteiger partial charge in [-0.25, -0.2) is 4.39 Å². The lowest BCUT2D eigenvalue weighted by Gasteiger charge is -2.05. The van der Waals surface area contributed by atoms with Gasteiger partial charge in [0.2, 0.25) is 0 Å². The third kappa shape index (κ3) is 1.58. The number of phenols is 2. The fourth-order valence-electron chi connectivity index (χ4n) is 0.867. The number of phenolic OH excluding ortho intramolecular Hbond substituents is 2. The predicted octanol–water partition coefficient (Wildman–Crippen LogP) is 2.09. The van der Waals surface area contributed by atoms with E-state index >= 15 is 0 Å². The molecule has 0 unspecified atom stereocenters. The third-order valence-corrected chi connectivity index (χ3v) is 1.91. The van der Waals surface area contributed by atoms with Gasteiger partial charge in [0, 0.05) is 0 Å². The zero-order valence-electron chi connectivity index (χ0n) is 6.64. The van der Waals surface area contributed by atoms with Crippen LogP contribution in [0.2, 0.25) is 5.02 Å². The lowest BCUT2D eigenvalue weighted by atomic mass is 10.1. The molecule has 0 saturated carbocycles. The number of carbonyl (C=O) groups is 1. The Balaban J connectivity index is 3.50. The summed E-state index contributed by atoms with van der Waals surface area (Å²) in [7, 11) is 0. The molecule has 0 aromatic heterocycles. The minimum Gasteiger partial charge on any atom is -0.505 e. The van der Waals surface area contributed by atoms with E-state index in [9.17, 15) is 14.3 Å². The zero-order valence-corrected chi connectivity index (χ0v) is 7.39. The maximum absolute atomic E-state index is 12.8. The van der Waals surface area contributed by atoms with E-state index in [1.165, 1.54) is 0 Å². The van der Waals surface area contributed by atoms with Gasteiger partial charge in [0.15, 0.2) is 17.3 Å². The van der Waals surface area contributed by atoms with Crippen molar-refractivity contribution in [3.05, 3.63) is 22.5 Å². The smallest absolute Gasteiger partial charge is 0.174 e. The summed E-state index contributed by atoms with van der Waals surface area (Å²) in [5.74, 6) is -3.02. The molecule has 0 fully saturated rings. The summed E-state index contributed by atoms with van der Waals surface area (Å²) in [5.41, 5.74) is -0.250. The lowest BCUT2D eigenvalue weighted by molar-refractivity contribution is 0.101. The van der Waals surface area contributed by atoms with Gasteiger partial charge in [-0.15, -0.1) is 0 Å². The van der Waals surface area contributed by atoms with Crippen molar-refractivity contribution in [1.82, 2.24) is 0 Å². The van der Waals surface area contributed by atoms with Crippen LogP contribution in [0.1, 0.15) is 17.3 Å². The first-order chi connectivity index (χ1) is 5.95. The first kappa shape index (κ1) is 9.80. The third-order valence-electron chi connectivity index (χ3n) is 1.55. The summed E-state index contributed by atoms with van der Waals surface area (Å²) in [5, 5.41) is 17.6. The molecule has 0 aliphatic rings. The highest BCUT2D eigenvalue weighted by Gasteiger charge is 2.17. The minimum atomic E-state index is -1.03. The number of benzene rings is 1. The number of hydrogen-bond donors (Lipinski definition) is 2. The van der Waals surface area contributed by atoms with Crippen molar-refractivity contribution < 1.29 is 19.4 Å². The van der Waals surface area contributed by atoms with Crippen molar-refractivity contribution in [3.63, 3.8) is 0 Å². The molecule has 1 aromatic rings. The molecule has 0 bridgehead atoms. The summed E-state index contributed by atoms with van der Waals surface area (Å²) >= 11 is 5.34. The van der Waals surface area contributed by atoms with Crippen molar-refractivity contribution in [2.45, 2.75) is 6.92 Å². The average molecular weight is 205 g/mol. The zero-order chi connectivity index (χ0) is 10.2. The Morgan fingerprint density at radius 2 is 2.00 bits per heavy atom. The highest BCUT2D eigenvalue weighted by molar-refractivity contribution is 6.34. The Kier molecular flexibility index (Phi) is 2.43. The van der Waals surface area contributed by atoms with Gasteiger partial charge < -0.3 is 10.2 Å². The Bertz CT molecular complexity index is 376. The normalized spacial score (nSPS) is 10.1. The van der Waals surface area contributed by atoms with Gasteiger partial charge in [-0.05, 0) is 13.0 Å². The highest BCUT2D eigenvalue weighted by Crippen LogP contribution is 2.37. The quantitative estimate of drug-likeness (QED) is 0.689. The monoisotopic (exact) mass is 204 g/mol. The standard InChI is InChI=1S/C8H6ClFO3/c1-3(11)4-2-5(10)8(13)6(9)7(4)12/h2,12-13H,1H3. The second-order valence-electron chi connectivity index (χ2n) is 2.47. The molecule has 0 atom stereocenters. The average Bonchev–Trinajstić information content (AvgIpc) is 2.07. The van der Waals surface area contributed by atoms with Crippen LogP contribution < -0.4 is 0 Å². The number of Topliss-reactive ketones (excluding diaryl/α,β-unsaturated/α-hetero) is 1. The van der Waals surface area contributed by atoms with Crippen molar-refractivity contribution in [2.24, 2.45) is 0 Å². The van der Waals surface area contributed by atoms with E-state index in [1.807, 2.05) is 0 Å². The van der Waals surface area contributed by atoms with Gasteiger partial charge in [0.1, 0.15) is 10.8 Å². The molecular formula is C8H6ClFO3. The molecule has 5 heteroatoms.